The van der Waals surface area contributed by atoms with E-state index in [1.165, 1.54) is 39.3 Å². The summed E-state index contributed by atoms with van der Waals surface area (Å²) in [5, 5.41) is 0. The molecule has 7 rings (SSSR count). The Morgan fingerprint density at radius 1 is 0.581 bits per heavy atom. The van der Waals surface area contributed by atoms with Gasteiger partial charge >= 0.3 is 0 Å². The van der Waals surface area contributed by atoms with Gasteiger partial charge in [-0.2, -0.15) is 0 Å². The van der Waals surface area contributed by atoms with Gasteiger partial charge in [-0.15, -0.1) is 0 Å². The molecule has 0 aliphatic carbocycles. The molecule has 0 saturated heterocycles. The van der Waals surface area contributed by atoms with Crippen molar-refractivity contribution in [2.45, 2.75) is 67.0 Å². The molecule has 3 aliphatic heterocycles. The normalized spacial score (nSPS) is 17.0. The number of aryl methyl sites for hydroxylation is 4. The average Bonchev–Trinajstić information content (AvgIpc) is 3.00. The molecule has 0 atom stereocenters. The van der Waals surface area contributed by atoms with Crippen LogP contribution in [0.2, 0.25) is 0 Å². The zero-order valence-electron chi connectivity index (χ0n) is 26.5. The molecule has 0 fully saturated rings. The molecule has 3 aromatic carbocycles. The number of fused-ring (bicyclic) bond motifs is 9. The van der Waals surface area contributed by atoms with Crippen molar-refractivity contribution in [3.8, 4) is 5.75 Å². The van der Waals surface area contributed by atoms with Crippen molar-refractivity contribution in [3.63, 3.8) is 0 Å². The summed E-state index contributed by atoms with van der Waals surface area (Å²) in [4.78, 5) is 12.7. The topological polar surface area (TPSA) is 41.1 Å². The number of nitrogens with zero attached hydrogens (tertiary/aromatic N) is 4. The number of anilines is 3. The van der Waals surface area contributed by atoms with Crippen molar-refractivity contribution in [3.05, 3.63) is 112 Å². The number of hydrogen-bond acceptors (Lipinski definition) is 6. The summed E-state index contributed by atoms with van der Waals surface area (Å²) in [7, 11) is 0. The summed E-state index contributed by atoms with van der Waals surface area (Å²) in [5.41, 5.74) is 11.8. The highest BCUT2D eigenvalue weighted by atomic mass is 16.7. The maximum Gasteiger partial charge on any atom is 0.205 e. The van der Waals surface area contributed by atoms with Crippen LogP contribution >= 0.6 is 0 Å². The molecular weight excluding hydrogens is 532 g/mol. The van der Waals surface area contributed by atoms with Gasteiger partial charge in [0.1, 0.15) is 5.69 Å². The third-order valence-electron chi connectivity index (χ3n) is 8.72. The molecule has 0 saturated carbocycles. The Hall–Kier alpha value is -4.03. The molecule has 0 amide bonds. The lowest BCUT2D eigenvalue weighted by Gasteiger charge is -2.36. The SMILES string of the molecule is Cc1ccc(N2CCN(c3ccc(C)cc3)Cc3nc(C)c(c4c3OC(C)(C)OC4)CN(c3ccc(C)cc3)CC2)cc1. The van der Waals surface area contributed by atoms with Crippen molar-refractivity contribution in [1.82, 2.24) is 4.98 Å². The van der Waals surface area contributed by atoms with Gasteiger partial charge < -0.3 is 24.2 Å². The van der Waals surface area contributed by atoms with Gasteiger partial charge in [0.15, 0.2) is 5.75 Å². The predicted molar refractivity (Wildman–Crippen MR) is 176 cm³/mol. The Kier molecular flexibility index (Phi) is 8.06. The Balaban J connectivity index is 1.47. The van der Waals surface area contributed by atoms with Crippen LogP contribution < -0.4 is 19.4 Å². The van der Waals surface area contributed by atoms with Gasteiger partial charge in [-0.05, 0) is 64.1 Å². The molecule has 6 nitrogen and oxygen atoms in total. The minimum Gasteiger partial charge on any atom is -0.461 e. The molecule has 1 aromatic heterocycles. The van der Waals surface area contributed by atoms with Crippen molar-refractivity contribution in [2.75, 3.05) is 40.9 Å². The molecule has 4 aromatic rings. The Morgan fingerprint density at radius 3 is 1.53 bits per heavy atom. The fourth-order valence-electron chi connectivity index (χ4n) is 6.05. The molecule has 4 heterocycles. The van der Waals surface area contributed by atoms with Crippen molar-refractivity contribution in [2.24, 2.45) is 0 Å². The summed E-state index contributed by atoms with van der Waals surface area (Å²) >= 11 is 0. The fourth-order valence-corrected chi connectivity index (χ4v) is 6.05. The molecule has 0 N–H and O–H groups in total. The highest BCUT2D eigenvalue weighted by Gasteiger charge is 2.33. The second-order valence-electron chi connectivity index (χ2n) is 12.6. The van der Waals surface area contributed by atoms with E-state index in [1.54, 1.807) is 0 Å². The molecular formula is C37H44N4O2. The Labute approximate surface area is 256 Å². The second-order valence-corrected chi connectivity index (χ2v) is 12.6. The predicted octanol–water partition coefficient (Wildman–Crippen LogP) is 7.49. The Bertz CT molecular complexity index is 1560. The first-order valence-corrected chi connectivity index (χ1v) is 15.4. The van der Waals surface area contributed by atoms with Crippen LogP contribution in [-0.2, 0) is 24.4 Å². The lowest BCUT2D eigenvalue weighted by molar-refractivity contribution is -0.181. The van der Waals surface area contributed by atoms with E-state index in [9.17, 15) is 0 Å². The zero-order valence-corrected chi connectivity index (χ0v) is 26.5. The van der Waals surface area contributed by atoms with E-state index in [2.05, 4.69) is 115 Å². The van der Waals surface area contributed by atoms with E-state index in [4.69, 9.17) is 14.5 Å². The first kappa shape index (κ1) is 29.1. The third-order valence-corrected chi connectivity index (χ3v) is 8.72. The second kappa shape index (κ2) is 11.9. The number of ether oxygens (including phenoxy) is 2. The van der Waals surface area contributed by atoms with Gasteiger partial charge in [0.05, 0.1) is 13.2 Å². The largest absolute Gasteiger partial charge is 0.461 e. The van der Waals surface area contributed by atoms with Crippen LogP contribution in [0.4, 0.5) is 17.1 Å². The van der Waals surface area contributed by atoms with E-state index < -0.39 is 5.79 Å². The van der Waals surface area contributed by atoms with Crippen LogP contribution in [0.15, 0.2) is 72.8 Å². The summed E-state index contributed by atoms with van der Waals surface area (Å²) in [6.07, 6.45) is 0. The van der Waals surface area contributed by atoms with Crippen LogP contribution in [0.25, 0.3) is 0 Å². The number of hydrogen-bond donors (Lipinski definition) is 0. The van der Waals surface area contributed by atoms with Crippen LogP contribution in [-0.4, -0.2) is 37.0 Å². The average molecular weight is 577 g/mol. The standard InChI is InChI=1S/C37H44N4O2/c1-26-7-13-30(14-8-26)39-19-21-40(31-15-9-27(2)10-16-31)23-33-29(4)38-35(36-34(33)25-42-37(5,6)43-36)24-41(22-20-39)32-17-11-28(3)12-18-32/h7-18H,19-25H2,1-6H3. The highest BCUT2D eigenvalue weighted by Crippen LogP contribution is 2.39. The maximum absolute atomic E-state index is 6.59. The van der Waals surface area contributed by atoms with E-state index in [-0.39, 0.29) is 0 Å². The van der Waals surface area contributed by atoms with E-state index in [1.807, 2.05) is 13.8 Å². The number of aromatic nitrogens is 1. The van der Waals surface area contributed by atoms with Gasteiger partial charge in [-0.25, -0.2) is 0 Å². The minimum absolute atomic E-state index is 0.510. The van der Waals surface area contributed by atoms with Crippen molar-refractivity contribution < 1.29 is 9.47 Å². The first-order valence-electron chi connectivity index (χ1n) is 15.4. The molecule has 0 radical (unpaired) electrons. The van der Waals surface area contributed by atoms with Crippen molar-refractivity contribution in [1.29, 1.82) is 0 Å². The quantitative estimate of drug-likeness (QED) is 0.235. The first-order chi connectivity index (χ1) is 20.6. The van der Waals surface area contributed by atoms with E-state index >= 15 is 0 Å². The van der Waals surface area contributed by atoms with Crippen LogP contribution in [0.5, 0.6) is 5.75 Å². The van der Waals surface area contributed by atoms with Gasteiger partial charge in [0, 0.05) is 80.5 Å². The number of pyridine rings is 1. The summed E-state index contributed by atoms with van der Waals surface area (Å²) in [6.45, 7) is 17.9. The van der Waals surface area contributed by atoms with Gasteiger partial charge in [-0.1, -0.05) is 53.1 Å². The van der Waals surface area contributed by atoms with E-state index in [0.29, 0.717) is 13.2 Å². The molecule has 43 heavy (non-hydrogen) atoms. The summed E-state index contributed by atoms with van der Waals surface area (Å²) in [6, 6.07) is 26.7. The molecule has 224 valence electrons. The monoisotopic (exact) mass is 576 g/mol. The van der Waals surface area contributed by atoms with Gasteiger partial charge in [0.25, 0.3) is 0 Å². The maximum atomic E-state index is 6.59. The molecule has 0 spiro atoms. The lowest BCUT2D eigenvalue weighted by atomic mass is 10.0. The van der Waals surface area contributed by atoms with Gasteiger partial charge in [-0.3, -0.25) is 4.98 Å². The number of benzene rings is 3. The summed E-state index contributed by atoms with van der Waals surface area (Å²) in [5.74, 6) is 0.171. The van der Waals surface area contributed by atoms with Crippen molar-refractivity contribution >= 4 is 17.1 Å². The minimum atomic E-state index is -0.711. The van der Waals surface area contributed by atoms with Crippen LogP contribution in [0.1, 0.15) is 53.1 Å². The Morgan fingerprint density at radius 2 is 1.02 bits per heavy atom. The fraction of sp³-hybridized carbons (Fsp3) is 0.378. The highest BCUT2D eigenvalue weighted by molar-refractivity contribution is 5.56. The lowest BCUT2D eigenvalue weighted by Crippen LogP contribution is -2.39. The molecule has 0 unspecified atom stereocenters. The third kappa shape index (κ3) is 6.50. The zero-order chi connectivity index (χ0) is 30.1. The molecule has 6 heteroatoms. The molecule has 3 aliphatic rings. The number of rotatable bonds is 3. The smallest absolute Gasteiger partial charge is 0.205 e. The van der Waals surface area contributed by atoms with Crippen LogP contribution in [0, 0.1) is 27.7 Å². The van der Waals surface area contributed by atoms with Gasteiger partial charge in [0.2, 0.25) is 5.79 Å². The van der Waals surface area contributed by atoms with Crippen LogP contribution in [0.3, 0.4) is 0 Å². The summed E-state index contributed by atoms with van der Waals surface area (Å²) < 4.78 is 12.8. The molecule has 2 bridgehead atoms. The van der Waals surface area contributed by atoms with E-state index in [0.717, 1.165) is 55.4 Å².